The Kier molecular flexibility index (Phi) is 6.14. The molecule has 27 heavy (non-hydrogen) atoms. The maximum absolute atomic E-state index is 12.7. The standard InChI is InChI=1S/C21H23N3O2.ClH/c25-20(23-12-15-8-9-17-13-22-14-18(17)11-15)19-7-4-10-24(19)21(26)16-5-2-1-3-6-16;/h1-3,5-6,8-9,11,19,22H,4,7,10,12-14H2,(H,23,25);1H. The second-order valence-corrected chi connectivity index (χ2v) is 6.95. The van der Waals surface area contributed by atoms with Gasteiger partial charge in [0.15, 0.2) is 0 Å². The van der Waals surface area contributed by atoms with Gasteiger partial charge in [0.05, 0.1) is 0 Å². The molecule has 0 spiro atoms. The lowest BCUT2D eigenvalue weighted by Crippen LogP contribution is -2.45. The summed E-state index contributed by atoms with van der Waals surface area (Å²) in [6, 6.07) is 15.1. The number of benzene rings is 2. The molecule has 0 saturated carbocycles. The Bertz CT molecular complexity index is 825. The van der Waals surface area contributed by atoms with Crippen molar-refractivity contribution in [2.45, 2.75) is 38.5 Å². The normalized spacial score (nSPS) is 17.9. The molecule has 0 bridgehead atoms. The van der Waals surface area contributed by atoms with Crippen LogP contribution in [-0.2, 0) is 24.4 Å². The molecule has 6 heteroatoms. The number of hydrogen-bond acceptors (Lipinski definition) is 3. The molecule has 142 valence electrons. The van der Waals surface area contributed by atoms with Crippen molar-refractivity contribution in [3.63, 3.8) is 0 Å². The van der Waals surface area contributed by atoms with E-state index in [1.807, 2.05) is 18.2 Å². The molecule has 1 unspecified atom stereocenters. The summed E-state index contributed by atoms with van der Waals surface area (Å²) in [4.78, 5) is 27.1. The molecule has 4 rings (SSSR count). The van der Waals surface area contributed by atoms with E-state index >= 15 is 0 Å². The van der Waals surface area contributed by atoms with Gasteiger partial charge in [-0.2, -0.15) is 0 Å². The molecule has 0 aliphatic carbocycles. The van der Waals surface area contributed by atoms with Crippen molar-refractivity contribution < 1.29 is 9.59 Å². The molecule has 2 aromatic rings. The lowest BCUT2D eigenvalue weighted by Gasteiger charge is -2.24. The molecule has 0 aromatic heterocycles. The summed E-state index contributed by atoms with van der Waals surface area (Å²) in [6.45, 7) is 2.94. The van der Waals surface area contributed by atoms with E-state index < -0.39 is 0 Å². The van der Waals surface area contributed by atoms with Crippen LogP contribution < -0.4 is 10.6 Å². The highest BCUT2D eigenvalue weighted by atomic mass is 35.5. The fourth-order valence-electron chi connectivity index (χ4n) is 3.79. The van der Waals surface area contributed by atoms with E-state index in [1.54, 1.807) is 17.0 Å². The van der Waals surface area contributed by atoms with Crippen molar-refractivity contribution in [2.75, 3.05) is 6.54 Å². The Labute approximate surface area is 165 Å². The van der Waals surface area contributed by atoms with Crippen LogP contribution in [0.1, 0.15) is 39.9 Å². The maximum atomic E-state index is 12.7. The highest BCUT2D eigenvalue weighted by molar-refractivity contribution is 5.97. The van der Waals surface area contributed by atoms with Crippen LogP contribution in [0.15, 0.2) is 48.5 Å². The van der Waals surface area contributed by atoms with E-state index in [9.17, 15) is 9.59 Å². The van der Waals surface area contributed by atoms with Crippen molar-refractivity contribution >= 4 is 24.2 Å². The van der Waals surface area contributed by atoms with E-state index in [0.717, 1.165) is 31.5 Å². The van der Waals surface area contributed by atoms with Gasteiger partial charge in [0, 0.05) is 31.7 Å². The molecule has 2 amide bonds. The van der Waals surface area contributed by atoms with Gasteiger partial charge in [-0.3, -0.25) is 9.59 Å². The second-order valence-electron chi connectivity index (χ2n) is 6.95. The van der Waals surface area contributed by atoms with E-state index in [0.29, 0.717) is 18.7 Å². The minimum Gasteiger partial charge on any atom is -0.350 e. The number of likely N-dealkylation sites (tertiary alicyclic amines) is 1. The van der Waals surface area contributed by atoms with Gasteiger partial charge in [0.1, 0.15) is 6.04 Å². The van der Waals surface area contributed by atoms with Crippen LogP contribution in [0.5, 0.6) is 0 Å². The van der Waals surface area contributed by atoms with E-state index in [1.165, 1.54) is 11.1 Å². The van der Waals surface area contributed by atoms with Gasteiger partial charge in [-0.05, 0) is 41.7 Å². The summed E-state index contributed by atoms with van der Waals surface area (Å²) in [6.07, 6.45) is 1.58. The summed E-state index contributed by atoms with van der Waals surface area (Å²) >= 11 is 0. The Morgan fingerprint density at radius 2 is 1.85 bits per heavy atom. The quantitative estimate of drug-likeness (QED) is 0.850. The van der Waals surface area contributed by atoms with Crippen LogP contribution in [0.25, 0.3) is 0 Å². The minimum absolute atomic E-state index is 0. The first-order valence-corrected chi connectivity index (χ1v) is 9.17. The molecule has 5 nitrogen and oxygen atoms in total. The van der Waals surface area contributed by atoms with Gasteiger partial charge < -0.3 is 15.5 Å². The third-order valence-corrected chi connectivity index (χ3v) is 5.21. The third kappa shape index (κ3) is 4.15. The second kappa shape index (κ2) is 8.55. The molecule has 1 saturated heterocycles. The number of nitrogens with zero attached hydrogens (tertiary/aromatic N) is 1. The number of hydrogen-bond donors (Lipinski definition) is 2. The molecule has 2 aliphatic heterocycles. The SMILES string of the molecule is Cl.O=C(NCc1ccc2c(c1)CNC2)C1CCCN1C(=O)c1ccccc1. The Balaban J connectivity index is 0.00000210. The first-order chi connectivity index (χ1) is 12.7. The fraction of sp³-hybridized carbons (Fsp3) is 0.333. The molecular weight excluding hydrogens is 362 g/mol. The lowest BCUT2D eigenvalue weighted by molar-refractivity contribution is -0.125. The van der Waals surface area contributed by atoms with Crippen molar-refractivity contribution in [1.82, 2.24) is 15.5 Å². The molecule has 1 atom stereocenters. The van der Waals surface area contributed by atoms with Crippen molar-refractivity contribution in [2.24, 2.45) is 0 Å². The number of carbonyl (C=O) groups is 2. The van der Waals surface area contributed by atoms with Crippen LogP contribution in [0.4, 0.5) is 0 Å². The zero-order chi connectivity index (χ0) is 17.9. The summed E-state index contributed by atoms with van der Waals surface area (Å²) in [7, 11) is 0. The molecular formula is C21H24ClN3O2. The van der Waals surface area contributed by atoms with Gasteiger partial charge in [-0.15, -0.1) is 12.4 Å². The van der Waals surface area contributed by atoms with E-state index in [2.05, 4.69) is 28.8 Å². The number of fused-ring (bicyclic) bond motifs is 1. The molecule has 2 aliphatic rings. The van der Waals surface area contributed by atoms with Crippen molar-refractivity contribution in [3.8, 4) is 0 Å². The predicted molar refractivity (Wildman–Crippen MR) is 107 cm³/mol. The zero-order valence-corrected chi connectivity index (χ0v) is 15.9. The van der Waals surface area contributed by atoms with Crippen LogP contribution in [0.3, 0.4) is 0 Å². The van der Waals surface area contributed by atoms with Crippen molar-refractivity contribution in [3.05, 3.63) is 70.8 Å². The van der Waals surface area contributed by atoms with Crippen LogP contribution in [0, 0.1) is 0 Å². The molecule has 2 aromatic carbocycles. The average molecular weight is 386 g/mol. The zero-order valence-electron chi connectivity index (χ0n) is 15.1. The summed E-state index contributed by atoms with van der Waals surface area (Å²) in [5.74, 6) is -0.128. The Hall–Kier alpha value is -2.37. The first-order valence-electron chi connectivity index (χ1n) is 9.17. The predicted octanol–water partition coefficient (Wildman–Crippen LogP) is 2.63. The van der Waals surface area contributed by atoms with E-state index in [4.69, 9.17) is 0 Å². The fourth-order valence-corrected chi connectivity index (χ4v) is 3.79. The largest absolute Gasteiger partial charge is 0.350 e. The number of nitrogens with one attached hydrogen (secondary N) is 2. The first kappa shape index (κ1) is 19.4. The topological polar surface area (TPSA) is 61.4 Å². The number of carbonyl (C=O) groups excluding carboxylic acids is 2. The Morgan fingerprint density at radius 1 is 1.07 bits per heavy atom. The molecule has 1 fully saturated rings. The molecule has 2 N–H and O–H groups in total. The van der Waals surface area contributed by atoms with Gasteiger partial charge >= 0.3 is 0 Å². The average Bonchev–Trinajstić information content (AvgIpc) is 3.35. The number of rotatable bonds is 4. The molecule has 0 radical (unpaired) electrons. The third-order valence-electron chi connectivity index (χ3n) is 5.21. The van der Waals surface area contributed by atoms with Gasteiger partial charge in [0.25, 0.3) is 5.91 Å². The summed E-state index contributed by atoms with van der Waals surface area (Å²) < 4.78 is 0. The van der Waals surface area contributed by atoms with Crippen molar-refractivity contribution in [1.29, 1.82) is 0 Å². The van der Waals surface area contributed by atoms with Crippen LogP contribution in [0.2, 0.25) is 0 Å². The van der Waals surface area contributed by atoms with Crippen LogP contribution in [-0.4, -0.2) is 29.3 Å². The van der Waals surface area contributed by atoms with Gasteiger partial charge in [0.2, 0.25) is 5.91 Å². The Morgan fingerprint density at radius 3 is 2.67 bits per heavy atom. The summed E-state index contributed by atoms with van der Waals surface area (Å²) in [5.41, 5.74) is 4.37. The van der Waals surface area contributed by atoms with Gasteiger partial charge in [-0.1, -0.05) is 36.4 Å². The number of amides is 2. The van der Waals surface area contributed by atoms with Gasteiger partial charge in [-0.25, -0.2) is 0 Å². The summed E-state index contributed by atoms with van der Waals surface area (Å²) in [5, 5.41) is 6.34. The van der Waals surface area contributed by atoms with Crippen LogP contribution >= 0.6 is 12.4 Å². The maximum Gasteiger partial charge on any atom is 0.254 e. The number of halogens is 1. The minimum atomic E-state index is -0.376. The smallest absolute Gasteiger partial charge is 0.254 e. The lowest BCUT2D eigenvalue weighted by atomic mass is 10.1. The monoisotopic (exact) mass is 385 g/mol. The highest BCUT2D eigenvalue weighted by Crippen LogP contribution is 2.21. The van der Waals surface area contributed by atoms with E-state index in [-0.39, 0.29) is 30.3 Å². The highest BCUT2D eigenvalue weighted by Gasteiger charge is 2.34. The molecule has 2 heterocycles.